The normalized spacial score (nSPS) is 16.8. The minimum atomic E-state index is -0.0444. The number of methoxy groups -OCH3 is 3. The predicted octanol–water partition coefficient (Wildman–Crippen LogP) is 3.49. The summed E-state index contributed by atoms with van der Waals surface area (Å²) in [5.41, 5.74) is 1.79. The average molecular weight is 370 g/mol. The SMILES string of the molecule is COc1cccc(NC(=O)CN2CCCC2c2cc(OC)ccc2OC)c1. The number of nitrogens with zero attached hydrogens (tertiary/aromatic N) is 1. The molecule has 0 aliphatic carbocycles. The van der Waals surface area contributed by atoms with E-state index in [2.05, 4.69) is 10.2 Å². The zero-order chi connectivity index (χ0) is 19.2. The van der Waals surface area contributed by atoms with Gasteiger partial charge in [0, 0.05) is 23.4 Å². The summed E-state index contributed by atoms with van der Waals surface area (Å²) in [7, 11) is 4.93. The Hall–Kier alpha value is -2.73. The third-order valence-corrected chi connectivity index (χ3v) is 4.86. The minimum absolute atomic E-state index is 0.0444. The molecule has 1 N–H and O–H groups in total. The first-order valence-electron chi connectivity index (χ1n) is 9.04. The van der Waals surface area contributed by atoms with E-state index in [0.29, 0.717) is 12.3 Å². The molecule has 1 unspecified atom stereocenters. The number of carbonyl (C=O) groups excluding carboxylic acids is 1. The van der Waals surface area contributed by atoms with E-state index in [4.69, 9.17) is 14.2 Å². The van der Waals surface area contributed by atoms with Gasteiger partial charge in [0.2, 0.25) is 5.91 Å². The lowest BCUT2D eigenvalue weighted by molar-refractivity contribution is -0.117. The summed E-state index contributed by atoms with van der Waals surface area (Å²) >= 11 is 0. The van der Waals surface area contributed by atoms with Crippen LogP contribution in [0, 0.1) is 0 Å². The molecule has 0 aromatic heterocycles. The zero-order valence-electron chi connectivity index (χ0n) is 16.0. The van der Waals surface area contributed by atoms with E-state index in [0.717, 1.165) is 42.1 Å². The second-order valence-electron chi connectivity index (χ2n) is 6.52. The maximum atomic E-state index is 12.6. The van der Waals surface area contributed by atoms with Crippen LogP contribution in [0.3, 0.4) is 0 Å². The van der Waals surface area contributed by atoms with Gasteiger partial charge in [0.25, 0.3) is 0 Å². The summed E-state index contributed by atoms with van der Waals surface area (Å²) in [6, 6.07) is 13.3. The van der Waals surface area contributed by atoms with Gasteiger partial charge in [-0.25, -0.2) is 0 Å². The highest BCUT2D eigenvalue weighted by Gasteiger charge is 2.30. The predicted molar refractivity (Wildman–Crippen MR) is 105 cm³/mol. The molecular weight excluding hydrogens is 344 g/mol. The third kappa shape index (κ3) is 4.52. The van der Waals surface area contributed by atoms with Crippen molar-refractivity contribution in [2.45, 2.75) is 18.9 Å². The van der Waals surface area contributed by atoms with E-state index in [-0.39, 0.29) is 11.9 Å². The molecule has 2 aromatic carbocycles. The fourth-order valence-electron chi connectivity index (χ4n) is 3.55. The minimum Gasteiger partial charge on any atom is -0.497 e. The molecule has 6 nitrogen and oxygen atoms in total. The van der Waals surface area contributed by atoms with Crippen LogP contribution in [0.4, 0.5) is 5.69 Å². The molecule has 0 radical (unpaired) electrons. The Balaban J connectivity index is 1.72. The van der Waals surface area contributed by atoms with Gasteiger partial charge in [-0.05, 0) is 49.7 Å². The lowest BCUT2D eigenvalue weighted by Gasteiger charge is -2.26. The Morgan fingerprint density at radius 1 is 1.07 bits per heavy atom. The lowest BCUT2D eigenvalue weighted by Crippen LogP contribution is -2.33. The van der Waals surface area contributed by atoms with Crippen molar-refractivity contribution in [2.75, 3.05) is 39.7 Å². The molecule has 1 saturated heterocycles. The van der Waals surface area contributed by atoms with Crippen molar-refractivity contribution >= 4 is 11.6 Å². The highest BCUT2D eigenvalue weighted by atomic mass is 16.5. The second kappa shape index (κ2) is 8.77. The molecular formula is C21H26N2O4. The van der Waals surface area contributed by atoms with Crippen LogP contribution < -0.4 is 19.5 Å². The molecule has 1 fully saturated rings. The Morgan fingerprint density at radius 3 is 2.59 bits per heavy atom. The molecule has 144 valence electrons. The number of rotatable bonds is 7. The van der Waals surface area contributed by atoms with E-state index in [1.54, 1.807) is 21.3 Å². The van der Waals surface area contributed by atoms with Gasteiger partial charge < -0.3 is 19.5 Å². The maximum absolute atomic E-state index is 12.6. The average Bonchev–Trinajstić information content (AvgIpc) is 3.15. The van der Waals surface area contributed by atoms with Gasteiger partial charge in [0.1, 0.15) is 17.2 Å². The molecule has 1 atom stereocenters. The highest BCUT2D eigenvalue weighted by molar-refractivity contribution is 5.92. The van der Waals surface area contributed by atoms with Gasteiger partial charge >= 0.3 is 0 Å². The number of carbonyl (C=O) groups is 1. The molecule has 1 amide bonds. The van der Waals surface area contributed by atoms with Crippen molar-refractivity contribution in [3.05, 3.63) is 48.0 Å². The number of nitrogens with one attached hydrogen (secondary N) is 1. The van der Waals surface area contributed by atoms with Gasteiger partial charge in [-0.1, -0.05) is 6.07 Å². The van der Waals surface area contributed by atoms with Crippen LogP contribution in [0.5, 0.6) is 17.2 Å². The summed E-state index contributed by atoms with van der Waals surface area (Å²) in [6.07, 6.45) is 2.02. The summed E-state index contributed by atoms with van der Waals surface area (Å²) in [5.74, 6) is 2.28. The van der Waals surface area contributed by atoms with Crippen molar-refractivity contribution in [2.24, 2.45) is 0 Å². The highest BCUT2D eigenvalue weighted by Crippen LogP contribution is 2.38. The van der Waals surface area contributed by atoms with E-state index in [1.807, 2.05) is 42.5 Å². The number of benzene rings is 2. The number of likely N-dealkylation sites (tertiary alicyclic amines) is 1. The summed E-state index contributed by atoms with van der Waals surface area (Å²) < 4.78 is 16.1. The standard InChI is InChI=1S/C21H26N2O4/c1-25-16-7-4-6-15(12-16)22-21(24)14-23-11-5-8-19(23)18-13-17(26-2)9-10-20(18)27-3/h4,6-7,9-10,12-13,19H,5,8,11,14H2,1-3H3,(H,22,24). The van der Waals surface area contributed by atoms with Crippen molar-refractivity contribution in [3.63, 3.8) is 0 Å². The Bertz CT molecular complexity index is 794. The lowest BCUT2D eigenvalue weighted by atomic mass is 10.0. The first-order chi connectivity index (χ1) is 13.1. The van der Waals surface area contributed by atoms with Crippen molar-refractivity contribution < 1.29 is 19.0 Å². The van der Waals surface area contributed by atoms with Gasteiger partial charge in [-0.3, -0.25) is 9.69 Å². The van der Waals surface area contributed by atoms with Crippen LogP contribution in [0.2, 0.25) is 0 Å². The third-order valence-electron chi connectivity index (χ3n) is 4.86. The van der Waals surface area contributed by atoms with Gasteiger partial charge in [0.15, 0.2) is 0 Å². The second-order valence-corrected chi connectivity index (χ2v) is 6.52. The number of anilines is 1. The Morgan fingerprint density at radius 2 is 1.85 bits per heavy atom. The smallest absolute Gasteiger partial charge is 0.238 e. The van der Waals surface area contributed by atoms with Gasteiger partial charge in [-0.2, -0.15) is 0 Å². The summed E-state index contributed by atoms with van der Waals surface area (Å²) in [4.78, 5) is 14.8. The molecule has 0 saturated carbocycles. The van der Waals surface area contributed by atoms with Gasteiger partial charge in [-0.15, -0.1) is 0 Å². The number of hydrogen-bond acceptors (Lipinski definition) is 5. The fraction of sp³-hybridized carbons (Fsp3) is 0.381. The quantitative estimate of drug-likeness (QED) is 0.808. The fourth-order valence-corrected chi connectivity index (χ4v) is 3.55. The monoisotopic (exact) mass is 370 g/mol. The molecule has 1 aliphatic heterocycles. The molecule has 2 aromatic rings. The zero-order valence-corrected chi connectivity index (χ0v) is 16.0. The first kappa shape index (κ1) is 19.0. The first-order valence-corrected chi connectivity index (χ1v) is 9.04. The topological polar surface area (TPSA) is 60.0 Å². The molecule has 1 aliphatic rings. The van der Waals surface area contributed by atoms with Crippen LogP contribution in [0.15, 0.2) is 42.5 Å². The molecule has 0 bridgehead atoms. The number of ether oxygens (including phenoxy) is 3. The number of hydrogen-bond donors (Lipinski definition) is 1. The van der Waals surface area contributed by atoms with Crippen molar-refractivity contribution in [1.82, 2.24) is 4.90 Å². The van der Waals surface area contributed by atoms with Crippen molar-refractivity contribution in [1.29, 1.82) is 0 Å². The molecule has 0 spiro atoms. The molecule has 3 rings (SSSR count). The molecule has 6 heteroatoms. The van der Waals surface area contributed by atoms with Crippen molar-refractivity contribution in [3.8, 4) is 17.2 Å². The van der Waals surface area contributed by atoms with E-state index in [9.17, 15) is 4.79 Å². The van der Waals surface area contributed by atoms with E-state index >= 15 is 0 Å². The van der Waals surface area contributed by atoms with E-state index < -0.39 is 0 Å². The molecule has 1 heterocycles. The number of amides is 1. The van der Waals surface area contributed by atoms with Crippen LogP contribution >= 0.6 is 0 Å². The van der Waals surface area contributed by atoms with Crippen LogP contribution in [0.1, 0.15) is 24.4 Å². The van der Waals surface area contributed by atoms with Crippen LogP contribution in [-0.4, -0.2) is 45.2 Å². The Kier molecular flexibility index (Phi) is 6.19. The van der Waals surface area contributed by atoms with Crippen LogP contribution in [-0.2, 0) is 4.79 Å². The Labute approximate surface area is 160 Å². The molecule has 27 heavy (non-hydrogen) atoms. The maximum Gasteiger partial charge on any atom is 0.238 e. The summed E-state index contributed by atoms with van der Waals surface area (Å²) in [6.45, 7) is 1.19. The summed E-state index contributed by atoms with van der Waals surface area (Å²) in [5, 5.41) is 2.95. The van der Waals surface area contributed by atoms with Gasteiger partial charge in [0.05, 0.1) is 27.9 Å². The largest absolute Gasteiger partial charge is 0.497 e. The van der Waals surface area contributed by atoms with E-state index in [1.165, 1.54) is 0 Å². The van der Waals surface area contributed by atoms with Crippen LogP contribution in [0.25, 0.3) is 0 Å².